The lowest BCUT2D eigenvalue weighted by atomic mass is 10.1. The van der Waals surface area contributed by atoms with Crippen molar-refractivity contribution in [3.05, 3.63) is 82.3 Å². The number of hydrogen-bond donors (Lipinski definition) is 1. The van der Waals surface area contributed by atoms with Gasteiger partial charge in [-0.3, -0.25) is 9.59 Å². The van der Waals surface area contributed by atoms with E-state index in [-0.39, 0.29) is 17.5 Å². The van der Waals surface area contributed by atoms with E-state index in [0.717, 1.165) is 10.9 Å². The molecule has 0 saturated heterocycles. The number of pyridine rings is 1. The first-order valence-electron chi connectivity index (χ1n) is 8.53. The second kappa shape index (κ2) is 7.34. The van der Waals surface area contributed by atoms with Gasteiger partial charge in [-0.2, -0.15) is 0 Å². The molecule has 0 saturated carbocycles. The molecule has 0 unspecified atom stereocenters. The van der Waals surface area contributed by atoms with Crippen molar-refractivity contribution < 1.29 is 4.79 Å². The van der Waals surface area contributed by atoms with Gasteiger partial charge in [0, 0.05) is 18.0 Å². The van der Waals surface area contributed by atoms with Crippen molar-refractivity contribution in [2.45, 2.75) is 32.9 Å². The molecule has 4 heteroatoms. The van der Waals surface area contributed by atoms with Crippen LogP contribution >= 0.6 is 0 Å². The number of amides is 1. The predicted molar refractivity (Wildman–Crippen MR) is 101 cm³/mol. The number of nitrogens with one attached hydrogen (secondary N) is 1. The lowest BCUT2D eigenvalue weighted by Gasteiger charge is -2.16. The van der Waals surface area contributed by atoms with Crippen LogP contribution in [0.5, 0.6) is 0 Å². The van der Waals surface area contributed by atoms with Crippen molar-refractivity contribution in [1.29, 1.82) is 0 Å². The van der Waals surface area contributed by atoms with Gasteiger partial charge >= 0.3 is 0 Å². The van der Waals surface area contributed by atoms with Crippen molar-refractivity contribution in [3.8, 4) is 0 Å². The summed E-state index contributed by atoms with van der Waals surface area (Å²) in [7, 11) is 0. The van der Waals surface area contributed by atoms with Crippen LogP contribution in [0.2, 0.25) is 0 Å². The van der Waals surface area contributed by atoms with E-state index in [1.165, 1.54) is 0 Å². The van der Waals surface area contributed by atoms with Gasteiger partial charge in [-0.15, -0.1) is 0 Å². The van der Waals surface area contributed by atoms with E-state index in [2.05, 4.69) is 5.32 Å². The van der Waals surface area contributed by atoms with Crippen LogP contribution in [0, 0.1) is 0 Å². The number of rotatable bonds is 5. The summed E-state index contributed by atoms with van der Waals surface area (Å²) < 4.78 is 1.59. The maximum Gasteiger partial charge on any atom is 0.268 e. The lowest BCUT2D eigenvalue weighted by Crippen LogP contribution is -2.36. The van der Waals surface area contributed by atoms with E-state index in [0.29, 0.717) is 24.0 Å². The summed E-state index contributed by atoms with van der Waals surface area (Å²) in [6.45, 7) is 4.28. The Morgan fingerprint density at radius 2 is 1.72 bits per heavy atom. The largest absolute Gasteiger partial charge is 0.349 e. The molecule has 0 fully saturated rings. The quantitative estimate of drug-likeness (QED) is 0.778. The number of benzene rings is 2. The maximum absolute atomic E-state index is 12.9. The number of aryl methyl sites for hydroxylation is 1. The van der Waals surface area contributed by atoms with Gasteiger partial charge < -0.3 is 9.88 Å². The second-order valence-corrected chi connectivity index (χ2v) is 6.44. The summed E-state index contributed by atoms with van der Waals surface area (Å²) in [5, 5.41) is 4.32. The fourth-order valence-corrected chi connectivity index (χ4v) is 2.93. The molecule has 4 nitrogen and oxygen atoms in total. The van der Waals surface area contributed by atoms with E-state index in [1.54, 1.807) is 16.7 Å². The van der Waals surface area contributed by atoms with Gasteiger partial charge in [-0.25, -0.2) is 0 Å². The van der Waals surface area contributed by atoms with Crippen molar-refractivity contribution in [2.24, 2.45) is 0 Å². The zero-order valence-corrected chi connectivity index (χ0v) is 14.5. The van der Waals surface area contributed by atoms with Crippen molar-refractivity contribution in [3.63, 3.8) is 0 Å². The van der Waals surface area contributed by atoms with Crippen molar-refractivity contribution in [1.82, 2.24) is 9.88 Å². The first kappa shape index (κ1) is 17.0. The van der Waals surface area contributed by atoms with Crippen molar-refractivity contribution in [2.75, 3.05) is 0 Å². The Kier molecular flexibility index (Phi) is 4.98. The van der Waals surface area contributed by atoms with Gasteiger partial charge in [0.15, 0.2) is 0 Å². The molecule has 0 bridgehead atoms. The number of aromatic nitrogens is 1. The smallest absolute Gasteiger partial charge is 0.268 e. The van der Waals surface area contributed by atoms with Crippen LogP contribution in [0.4, 0.5) is 0 Å². The topological polar surface area (TPSA) is 51.1 Å². The molecule has 1 amide bonds. The molecular weight excluding hydrogens is 312 g/mol. The third kappa shape index (κ3) is 3.79. The molecule has 0 aliphatic heterocycles. The molecule has 3 aromatic rings. The minimum absolute atomic E-state index is 0.0108. The Labute approximate surface area is 147 Å². The average molecular weight is 334 g/mol. The molecule has 1 N–H and O–H groups in total. The van der Waals surface area contributed by atoms with Gasteiger partial charge in [0.2, 0.25) is 0 Å². The molecule has 0 spiro atoms. The van der Waals surface area contributed by atoms with E-state index < -0.39 is 0 Å². The Morgan fingerprint density at radius 3 is 2.44 bits per heavy atom. The highest BCUT2D eigenvalue weighted by Crippen LogP contribution is 2.13. The molecule has 3 rings (SSSR count). The molecular formula is C21H22N2O2. The molecule has 0 aliphatic rings. The third-order valence-electron chi connectivity index (χ3n) is 4.14. The van der Waals surface area contributed by atoms with E-state index in [4.69, 9.17) is 0 Å². The second-order valence-electron chi connectivity index (χ2n) is 6.44. The van der Waals surface area contributed by atoms with Crippen LogP contribution in [0.15, 0.2) is 65.5 Å². The lowest BCUT2D eigenvalue weighted by molar-refractivity contribution is 0.0932. The Bertz CT molecular complexity index is 943. The standard InChI is InChI=1S/C21H22N2O2/c1-15(2)22-20(24)19-14-17-10-6-7-11-18(17)21(25)23(19)13-12-16-8-4-3-5-9-16/h3-11,14-15H,12-13H2,1-2H3,(H,22,24). The monoisotopic (exact) mass is 334 g/mol. The van der Waals surface area contributed by atoms with Crippen LogP contribution in [0.25, 0.3) is 10.8 Å². The molecule has 25 heavy (non-hydrogen) atoms. The predicted octanol–water partition coefficient (Wildman–Crippen LogP) is 3.38. The summed E-state index contributed by atoms with van der Waals surface area (Å²) in [6, 6.07) is 19.2. The van der Waals surface area contributed by atoms with Crippen LogP contribution < -0.4 is 10.9 Å². The Balaban J connectivity index is 2.05. The summed E-state index contributed by atoms with van der Waals surface area (Å²) in [5.41, 5.74) is 1.43. The van der Waals surface area contributed by atoms with Crippen LogP contribution in [-0.4, -0.2) is 16.5 Å². The number of hydrogen-bond acceptors (Lipinski definition) is 2. The molecule has 1 aromatic heterocycles. The summed E-state index contributed by atoms with van der Waals surface area (Å²) in [6.07, 6.45) is 0.695. The van der Waals surface area contributed by atoms with E-state index >= 15 is 0 Å². The minimum Gasteiger partial charge on any atom is -0.349 e. The van der Waals surface area contributed by atoms with Crippen LogP contribution in [0.3, 0.4) is 0 Å². The number of carbonyl (C=O) groups excluding carboxylic acids is 1. The summed E-state index contributed by atoms with van der Waals surface area (Å²) >= 11 is 0. The number of carbonyl (C=O) groups is 1. The van der Waals surface area contributed by atoms with Gasteiger partial charge in [0.25, 0.3) is 11.5 Å². The summed E-state index contributed by atoms with van der Waals surface area (Å²) in [5.74, 6) is -0.217. The molecule has 0 radical (unpaired) electrons. The van der Waals surface area contributed by atoms with Gasteiger partial charge in [-0.05, 0) is 43.4 Å². The van der Waals surface area contributed by atoms with Gasteiger partial charge in [-0.1, -0.05) is 48.5 Å². The van der Waals surface area contributed by atoms with E-state index in [1.807, 2.05) is 62.4 Å². The van der Waals surface area contributed by atoms with Gasteiger partial charge in [0.1, 0.15) is 5.69 Å². The zero-order valence-electron chi connectivity index (χ0n) is 14.5. The van der Waals surface area contributed by atoms with Crippen molar-refractivity contribution >= 4 is 16.7 Å². The van der Waals surface area contributed by atoms with E-state index in [9.17, 15) is 9.59 Å². The first-order chi connectivity index (χ1) is 12.1. The molecule has 2 aromatic carbocycles. The molecule has 0 aliphatic carbocycles. The zero-order chi connectivity index (χ0) is 17.8. The molecule has 1 heterocycles. The SMILES string of the molecule is CC(C)NC(=O)c1cc2ccccc2c(=O)n1CCc1ccccc1. The summed E-state index contributed by atoms with van der Waals surface area (Å²) in [4.78, 5) is 25.6. The van der Waals surface area contributed by atoms with Gasteiger partial charge in [0.05, 0.1) is 0 Å². The van der Waals surface area contributed by atoms with Crippen LogP contribution in [-0.2, 0) is 13.0 Å². The Hall–Kier alpha value is -2.88. The minimum atomic E-state index is -0.217. The number of fused-ring (bicyclic) bond motifs is 1. The normalized spacial score (nSPS) is 11.0. The highest BCUT2D eigenvalue weighted by molar-refractivity contribution is 5.96. The highest BCUT2D eigenvalue weighted by atomic mass is 16.2. The van der Waals surface area contributed by atoms with Crippen LogP contribution in [0.1, 0.15) is 29.9 Å². The average Bonchev–Trinajstić information content (AvgIpc) is 2.61. The Morgan fingerprint density at radius 1 is 1.04 bits per heavy atom. The third-order valence-corrected chi connectivity index (χ3v) is 4.14. The number of nitrogens with zero attached hydrogens (tertiary/aromatic N) is 1. The highest BCUT2D eigenvalue weighted by Gasteiger charge is 2.16. The maximum atomic E-state index is 12.9. The fourth-order valence-electron chi connectivity index (χ4n) is 2.93. The fraction of sp³-hybridized carbons (Fsp3) is 0.238. The molecule has 0 atom stereocenters. The molecule has 128 valence electrons. The first-order valence-corrected chi connectivity index (χ1v) is 8.53.